The average molecular weight is 298 g/mol. The smallest absolute Gasteiger partial charge is 0.237 e. The van der Waals surface area contributed by atoms with Crippen molar-refractivity contribution in [2.45, 2.75) is 12.8 Å². The number of allylic oxidation sites excluding steroid dienone is 1. The molecule has 1 heterocycles. The van der Waals surface area contributed by atoms with Crippen LogP contribution in [0.5, 0.6) is 0 Å². The van der Waals surface area contributed by atoms with Gasteiger partial charge in [0.15, 0.2) is 0 Å². The zero-order valence-corrected chi connectivity index (χ0v) is 12.2. The van der Waals surface area contributed by atoms with Gasteiger partial charge in [-0.3, -0.25) is 4.79 Å². The summed E-state index contributed by atoms with van der Waals surface area (Å²) in [7, 11) is 0. The molecule has 0 bridgehead atoms. The molecular formula is C15H17Cl2NO. The highest BCUT2D eigenvalue weighted by molar-refractivity contribution is 6.32. The number of alkyl halides is 1. The lowest BCUT2D eigenvalue weighted by Crippen LogP contribution is -2.38. The van der Waals surface area contributed by atoms with Crippen LogP contribution in [0.2, 0.25) is 5.02 Å². The standard InChI is InChI=1S/C15H17Cl2NO/c16-11-15(19)18-9-7-12(8-10-18)5-6-13-3-1-2-4-14(13)17/h1-6,12H,7-11H2. The molecule has 0 radical (unpaired) electrons. The molecule has 0 atom stereocenters. The first-order valence-electron chi connectivity index (χ1n) is 6.47. The van der Waals surface area contributed by atoms with Crippen LogP contribution in [-0.4, -0.2) is 29.8 Å². The Balaban J connectivity index is 1.89. The largest absolute Gasteiger partial charge is 0.342 e. The molecule has 0 saturated carbocycles. The van der Waals surface area contributed by atoms with E-state index in [0.29, 0.717) is 5.92 Å². The van der Waals surface area contributed by atoms with E-state index in [1.54, 1.807) is 0 Å². The minimum atomic E-state index is 0.0372. The van der Waals surface area contributed by atoms with Gasteiger partial charge in [0, 0.05) is 18.1 Å². The van der Waals surface area contributed by atoms with Crippen molar-refractivity contribution in [2.24, 2.45) is 5.92 Å². The number of halogens is 2. The van der Waals surface area contributed by atoms with E-state index in [4.69, 9.17) is 23.2 Å². The molecular weight excluding hydrogens is 281 g/mol. The lowest BCUT2D eigenvalue weighted by atomic mass is 9.95. The molecule has 2 nitrogen and oxygen atoms in total. The van der Waals surface area contributed by atoms with Gasteiger partial charge >= 0.3 is 0 Å². The van der Waals surface area contributed by atoms with Crippen LogP contribution in [0.25, 0.3) is 6.08 Å². The summed E-state index contributed by atoms with van der Waals surface area (Å²) < 4.78 is 0. The SMILES string of the molecule is O=C(CCl)N1CCC(C=Cc2ccccc2Cl)CC1. The summed E-state index contributed by atoms with van der Waals surface area (Å²) in [5.74, 6) is 0.631. The lowest BCUT2D eigenvalue weighted by molar-refractivity contribution is -0.129. The maximum atomic E-state index is 11.5. The van der Waals surface area contributed by atoms with E-state index in [1.807, 2.05) is 29.2 Å². The molecule has 0 spiro atoms. The third kappa shape index (κ3) is 3.99. The first-order valence-corrected chi connectivity index (χ1v) is 7.38. The molecule has 1 amide bonds. The molecule has 1 aromatic rings. The van der Waals surface area contributed by atoms with Crippen molar-refractivity contribution in [1.82, 2.24) is 4.90 Å². The number of nitrogens with zero attached hydrogens (tertiary/aromatic N) is 1. The van der Waals surface area contributed by atoms with E-state index >= 15 is 0 Å². The Kier molecular flexibility index (Phi) is 5.29. The highest BCUT2D eigenvalue weighted by Crippen LogP contribution is 2.22. The fraction of sp³-hybridized carbons (Fsp3) is 0.400. The van der Waals surface area contributed by atoms with Crippen LogP contribution in [0.3, 0.4) is 0 Å². The summed E-state index contributed by atoms with van der Waals surface area (Å²) in [6, 6.07) is 7.80. The molecule has 1 aliphatic heterocycles. The van der Waals surface area contributed by atoms with Crippen LogP contribution >= 0.6 is 23.2 Å². The fourth-order valence-corrected chi connectivity index (χ4v) is 2.64. The summed E-state index contributed by atoms with van der Waals surface area (Å²) in [4.78, 5) is 13.3. The Bertz CT molecular complexity index is 465. The van der Waals surface area contributed by atoms with Gasteiger partial charge in [-0.05, 0) is 30.4 Å². The normalized spacial score (nSPS) is 17.1. The molecule has 2 rings (SSSR count). The minimum Gasteiger partial charge on any atom is -0.342 e. The minimum absolute atomic E-state index is 0.0372. The predicted molar refractivity (Wildman–Crippen MR) is 80.5 cm³/mol. The number of likely N-dealkylation sites (tertiary alicyclic amines) is 1. The van der Waals surface area contributed by atoms with Gasteiger partial charge in [0.2, 0.25) is 5.91 Å². The van der Waals surface area contributed by atoms with Crippen LogP contribution in [0, 0.1) is 5.92 Å². The van der Waals surface area contributed by atoms with Gasteiger partial charge in [-0.25, -0.2) is 0 Å². The Morgan fingerprint density at radius 3 is 2.63 bits per heavy atom. The summed E-state index contributed by atoms with van der Waals surface area (Å²) in [6.07, 6.45) is 6.25. The molecule has 0 unspecified atom stereocenters. The zero-order chi connectivity index (χ0) is 13.7. The van der Waals surface area contributed by atoms with Crippen molar-refractivity contribution < 1.29 is 4.79 Å². The van der Waals surface area contributed by atoms with E-state index in [1.165, 1.54) is 0 Å². The summed E-state index contributed by atoms with van der Waals surface area (Å²) in [5, 5.41) is 0.772. The fourth-order valence-electron chi connectivity index (χ4n) is 2.28. The molecule has 1 fully saturated rings. The number of hydrogen-bond acceptors (Lipinski definition) is 1. The van der Waals surface area contributed by atoms with Crippen molar-refractivity contribution in [2.75, 3.05) is 19.0 Å². The van der Waals surface area contributed by atoms with Crippen molar-refractivity contribution in [3.63, 3.8) is 0 Å². The molecule has 0 aliphatic carbocycles. The Morgan fingerprint density at radius 1 is 1.32 bits per heavy atom. The number of carbonyl (C=O) groups excluding carboxylic acids is 1. The quantitative estimate of drug-likeness (QED) is 0.777. The van der Waals surface area contributed by atoms with E-state index < -0.39 is 0 Å². The zero-order valence-electron chi connectivity index (χ0n) is 10.7. The van der Waals surface area contributed by atoms with Crippen LogP contribution in [0.4, 0.5) is 0 Å². The van der Waals surface area contributed by atoms with Crippen LogP contribution < -0.4 is 0 Å². The molecule has 19 heavy (non-hydrogen) atoms. The maximum absolute atomic E-state index is 11.5. The number of benzene rings is 1. The van der Waals surface area contributed by atoms with E-state index in [-0.39, 0.29) is 11.8 Å². The van der Waals surface area contributed by atoms with Crippen LogP contribution in [0.15, 0.2) is 30.3 Å². The topological polar surface area (TPSA) is 20.3 Å². The first kappa shape index (κ1) is 14.4. The second-order valence-corrected chi connectivity index (χ2v) is 5.41. The summed E-state index contributed by atoms with van der Waals surface area (Å²) in [6.45, 7) is 1.59. The molecule has 102 valence electrons. The van der Waals surface area contributed by atoms with Gasteiger partial charge in [0.25, 0.3) is 0 Å². The number of carbonyl (C=O) groups is 1. The third-order valence-electron chi connectivity index (χ3n) is 3.46. The summed E-state index contributed by atoms with van der Waals surface area (Å²) in [5.41, 5.74) is 1.04. The average Bonchev–Trinajstić information content (AvgIpc) is 2.46. The van der Waals surface area contributed by atoms with Crippen molar-refractivity contribution in [1.29, 1.82) is 0 Å². The van der Waals surface area contributed by atoms with Crippen LogP contribution in [0.1, 0.15) is 18.4 Å². The van der Waals surface area contributed by atoms with Gasteiger partial charge in [-0.1, -0.05) is 42.0 Å². The Labute approximate surface area is 124 Å². The summed E-state index contributed by atoms with van der Waals surface area (Å²) >= 11 is 11.7. The van der Waals surface area contributed by atoms with Gasteiger partial charge in [-0.15, -0.1) is 11.6 Å². The predicted octanol–water partition coefficient (Wildman–Crippen LogP) is 3.83. The van der Waals surface area contributed by atoms with Gasteiger partial charge in [-0.2, -0.15) is 0 Å². The van der Waals surface area contributed by atoms with Crippen molar-refractivity contribution in [3.05, 3.63) is 40.9 Å². The highest BCUT2D eigenvalue weighted by atomic mass is 35.5. The number of piperidine rings is 1. The Morgan fingerprint density at radius 2 is 2.00 bits per heavy atom. The second kappa shape index (κ2) is 6.97. The van der Waals surface area contributed by atoms with Crippen LogP contribution in [-0.2, 0) is 4.79 Å². The number of rotatable bonds is 3. The molecule has 1 aliphatic rings. The van der Waals surface area contributed by atoms with Gasteiger partial charge in [0.1, 0.15) is 5.88 Å². The Hall–Kier alpha value is -0.990. The van der Waals surface area contributed by atoms with E-state index in [0.717, 1.165) is 36.5 Å². The molecule has 4 heteroatoms. The number of hydrogen-bond donors (Lipinski definition) is 0. The first-order chi connectivity index (χ1) is 9.20. The third-order valence-corrected chi connectivity index (χ3v) is 4.03. The van der Waals surface area contributed by atoms with E-state index in [9.17, 15) is 4.79 Å². The maximum Gasteiger partial charge on any atom is 0.237 e. The van der Waals surface area contributed by atoms with Crippen molar-refractivity contribution in [3.8, 4) is 0 Å². The highest BCUT2D eigenvalue weighted by Gasteiger charge is 2.20. The molecule has 0 N–H and O–H groups in total. The van der Waals surface area contributed by atoms with E-state index in [2.05, 4.69) is 12.2 Å². The second-order valence-electron chi connectivity index (χ2n) is 4.73. The van der Waals surface area contributed by atoms with Gasteiger partial charge < -0.3 is 4.90 Å². The monoisotopic (exact) mass is 297 g/mol. The van der Waals surface area contributed by atoms with Gasteiger partial charge in [0.05, 0.1) is 0 Å². The molecule has 0 aromatic heterocycles. The molecule has 1 aromatic carbocycles. The van der Waals surface area contributed by atoms with Crippen molar-refractivity contribution >= 4 is 35.2 Å². The molecule has 1 saturated heterocycles. The lowest BCUT2D eigenvalue weighted by Gasteiger charge is -2.30. The number of amides is 1.